The van der Waals surface area contributed by atoms with Gasteiger partial charge in [0, 0.05) is 24.7 Å². The molecule has 5 nitrogen and oxygen atoms in total. The lowest BCUT2D eigenvalue weighted by atomic mass is 10.1. The number of halogens is 1. The lowest BCUT2D eigenvalue weighted by Crippen LogP contribution is -2.36. The lowest BCUT2D eigenvalue weighted by Gasteiger charge is -2.26. The molecule has 0 aliphatic carbocycles. The number of hydrogen-bond acceptors (Lipinski definition) is 4. The van der Waals surface area contributed by atoms with E-state index in [-0.39, 0.29) is 11.7 Å². The molecule has 1 aliphatic rings. The molecule has 1 amide bonds. The SMILES string of the molecule is O=C(c1cc(Nc2ccccc2F)nc(-c2ccccc2)n1)N1CCCCC1. The number of rotatable bonds is 4. The number of nitrogens with zero attached hydrogens (tertiary/aromatic N) is 3. The molecular weight excluding hydrogens is 355 g/mol. The summed E-state index contributed by atoms with van der Waals surface area (Å²) in [5.74, 6) is 0.323. The standard InChI is InChI=1S/C22H21FN4O/c23-17-11-5-6-12-18(17)24-20-15-19(22(28)27-13-7-2-8-14-27)25-21(26-20)16-9-3-1-4-10-16/h1,3-6,9-12,15H,2,7-8,13-14H2,(H,24,25,26). The summed E-state index contributed by atoms with van der Waals surface area (Å²) in [6.45, 7) is 1.47. The third kappa shape index (κ3) is 4.01. The number of hydrogen-bond donors (Lipinski definition) is 1. The molecule has 1 saturated heterocycles. The van der Waals surface area contributed by atoms with E-state index in [4.69, 9.17) is 0 Å². The van der Waals surface area contributed by atoms with Crippen LogP contribution in [0.5, 0.6) is 0 Å². The molecule has 0 bridgehead atoms. The van der Waals surface area contributed by atoms with Crippen LogP contribution in [-0.2, 0) is 0 Å². The first-order valence-electron chi connectivity index (χ1n) is 9.46. The first-order chi connectivity index (χ1) is 13.7. The number of carbonyl (C=O) groups is 1. The highest BCUT2D eigenvalue weighted by Gasteiger charge is 2.21. The number of likely N-dealkylation sites (tertiary alicyclic amines) is 1. The molecule has 1 aromatic heterocycles. The Morgan fingerprint density at radius 3 is 2.39 bits per heavy atom. The van der Waals surface area contributed by atoms with E-state index < -0.39 is 0 Å². The van der Waals surface area contributed by atoms with Gasteiger partial charge in [-0.15, -0.1) is 0 Å². The van der Waals surface area contributed by atoms with E-state index in [9.17, 15) is 9.18 Å². The molecular formula is C22H21FN4O. The van der Waals surface area contributed by atoms with Gasteiger partial charge in [0.25, 0.3) is 5.91 Å². The molecule has 4 rings (SSSR count). The number of amides is 1. The molecule has 0 unspecified atom stereocenters. The van der Waals surface area contributed by atoms with Crippen LogP contribution in [0.3, 0.4) is 0 Å². The summed E-state index contributed by atoms with van der Waals surface area (Å²) in [5.41, 5.74) is 1.42. The Balaban J connectivity index is 1.72. The van der Waals surface area contributed by atoms with Crippen molar-refractivity contribution >= 4 is 17.4 Å². The number of nitrogens with one attached hydrogen (secondary N) is 1. The predicted octanol–water partition coefficient (Wildman–Crippen LogP) is 4.65. The summed E-state index contributed by atoms with van der Waals surface area (Å²) in [4.78, 5) is 23.8. The number of piperidine rings is 1. The molecule has 142 valence electrons. The van der Waals surface area contributed by atoms with Crippen molar-refractivity contribution in [2.24, 2.45) is 0 Å². The first-order valence-corrected chi connectivity index (χ1v) is 9.46. The van der Waals surface area contributed by atoms with Gasteiger partial charge < -0.3 is 10.2 Å². The zero-order valence-electron chi connectivity index (χ0n) is 15.4. The summed E-state index contributed by atoms with van der Waals surface area (Å²) in [5, 5.41) is 2.98. The van der Waals surface area contributed by atoms with Gasteiger partial charge in [0.2, 0.25) is 0 Å². The zero-order chi connectivity index (χ0) is 19.3. The van der Waals surface area contributed by atoms with Crippen molar-refractivity contribution in [2.75, 3.05) is 18.4 Å². The van der Waals surface area contributed by atoms with E-state index >= 15 is 0 Å². The maximum atomic E-state index is 14.1. The van der Waals surface area contributed by atoms with Gasteiger partial charge in [0.15, 0.2) is 5.82 Å². The molecule has 0 radical (unpaired) electrons. The van der Waals surface area contributed by atoms with Crippen molar-refractivity contribution in [3.63, 3.8) is 0 Å². The Bertz CT molecular complexity index is 971. The topological polar surface area (TPSA) is 58.1 Å². The van der Waals surface area contributed by atoms with Crippen LogP contribution in [0.2, 0.25) is 0 Å². The first kappa shape index (κ1) is 18.1. The van der Waals surface area contributed by atoms with E-state index in [0.717, 1.165) is 37.9 Å². The minimum Gasteiger partial charge on any atom is -0.338 e. The minimum atomic E-state index is -0.383. The van der Waals surface area contributed by atoms with E-state index in [2.05, 4.69) is 15.3 Å². The van der Waals surface area contributed by atoms with Crippen LogP contribution in [0, 0.1) is 5.82 Å². The van der Waals surface area contributed by atoms with Gasteiger partial charge in [-0.2, -0.15) is 0 Å². The molecule has 1 fully saturated rings. The summed E-state index contributed by atoms with van der Waals surface area (Å²) in [7, 11) is 0. The molecule has 0 saturated carbocycles. The molecule has 6 heteroatoms. The summed E-state index contributed by atoms with van der Waals surface area (Å²) >= 11 is 0. The average Bonchev–Trinajstić information content (AvgIpc) is 2.76. The Morgan fingerprint density at radius 2 is 1.64 bits per heavy atom. The molecule has 1 N–H and O–H groups in total. The van der Waals surface area contributed by atoms with Crippen molar-refractivity contribution in [1.29, 1.82) is 0 Å². The maximum Gasteiger partial charge on any atom is 0.272 e. The largest absolute Gasteiger partial charge is 0.338 e. The predicted molar refractivity (Wildman–Crippen MR) is 107 cm³/mol. The molecule has 1 aliphatic heterocycles. The van der Waals surface area contributed by atoms with Crippen LogP contribution >= 0.6 is 0 Å². The fourth-order valence-electron chi connectivity index (χ4n) is 3.30. The highest BCUT2D eigenvalue weighted by atomic mass is 19.1. The van der Waals surface area contributed by atoms with E-state index in [0.29, 0.717) is 23.0 Å². The Kier molecular flexibility index (Phi) is 5.28. The number of benzene rings is 2. The number of carbonyl (C=O) groups excluding carboxylic acids is 1. The molecule has 0 atom stereocenters. The molecule has 3 aromatic rings. The van der Waals surface area contributed by atoms with E-state index in [1.54, 1.807) is 24.3 Å². The maximum absolute atomic E-state index is 14.1. The fraction of sp³-hybridized carbons (Fsp3) is 0.227. The van der Waals surface area contributed by atoms with Crippen LogP contribution < -0.4 is 5.32 Å². The minimum absolute atomic E-state index is 0.115. The smallest absolute Gasteiger partial charge is 0.272 e. The second kappa shape index (κ2) is 8.17. The second-order valence-electron chi connectivity index (χ2n) is 6.79. The van der Waals surface area contributed by atoms with Gasteiger partial charge >= 0.3 is 0 Å². The normalized spacial score (nSPS) is 14.0. The summed E-state index contributed by atoms with van der Waals surface area (Å²) in [6.07, 6.45) is 3.15. The van der Waals surface area contributed by atoms with Crippen molar-refractivity contribution in [2.45, 2.75) is 19.3 Å². The van der Waals surface area contributed by atoms with Crippen LogP contribution in [0.4, 0.5) is 15.9 Å². The molecule has 0 spiro atoms. The van der Waals surface area contributed by atoms with Crippen LogP contribution in [0.15, 0.2) is 60.7 Å². The highest BCUT2D eigenvalue weighted by Crippen LogP contribution is 2.23. The van der Waals surface area contributed by atoms with Crippen molar-refractivity contribution in [1.82, 2.24) is 14.9 Å². The van der Waals surface area contributed by atoms with Crippen LogP contribution in [0.25, 0.3) is 11.4 Å². The fourth-order valence-corrected chi connectivity index (χ4v) is 3.30. The second-order valence-corrected chi connectivity index (χ2v) is 6.79. The highest BCUT2D eigenvalue weighted by molar-refractivity contribution is 5.93. The third-order valence-electron chi connectivity index (χ3n) is 4.76. The Hall–Kier alpha value is -3.28. The van der Waals surface area contributed by atoms with Crippen molar-refractivity contribution < 1.29 is 9.18 Å². The van der Waals surface area contributed by atoms with Gasteiger partial charge in [0.05, 0.1) is 5.69 Å². The number of para-hydroxylation sites is 1. The summed E-state index contributed by atoms with van der Waals surface area (Å²) in [6, 6.07) is 17.4. The van der Waals surface area contributed by atoms with Gasteiger partial charge in [-0.25, -0.2) is 14.4 Å². The van der Waals surface area contributed by atoms with Crippen molar-refractivity contribution in [3.05, 3.63) is 72.2 Å². The monoisotopic (exact) mass is 376 g/mol. The van der Waals surface area contributed by atoms with E-state index in [1.807, 2.05) is 35.2 Å². The van der Waals surface area contributed by atoms with E-state index in [1.165, 1.54) is 6.07 Å². The van der Waals surface area contributed by atoms with Crippen LogP contribution in [-0.4, -0.2) is 33.9 Å². The Morgan fingerprint density at radius 1 is 0.929 bits per heavy atom. The van der Waals surface area contributed by atoms with Gasteiger partial charge in [0.1, 0.15) is 17.3 Å². The lowest BCUT2D eigenvalue weighted by molar-refractivity contribution is 0.0718. The molecule has 28 heavy (non-hydrogen) atoms. The summed E-state index contributed by atoms with van der Waals surface area (Å²) < 4.78 is 14.1. The van der Waals surface area contributed by atoms with Gasteiger partial charge in [-0.3, -0.25) is 4.79 Å². The number of anilines is 2. The van der Waals surface area contributed by atoms with Crippen LogP contribution in [0.1, 0.15) is 29.8 Å². The Labute approximate surface area is 163 Å². The average molecular weight is 376 g/mol. The molecule has 2 aromatic carbocycles. The third-order valence-corrected chi connectivity index (χ3v) is 4.76. The number of aromatic nitrogens is 2. The quantitative estimate of drug-likeness (QED) is 0.720. The van der Waals surface area contributed by atoms with Gasteiger partial charge in [-0.05, 0) is 31.4 Å². The zero-order valence-corrected chi connectivity index (χ0v) is 15.4. The van der Waals surface area contributed by atoms with Gasteiger partial charge in [-0.1, -0.05) is 42.5 Å². The molecule has 2 heterocycles. The van der Waals surface area contributed by atoms with Crippen molar-refractivity contribution in [3.8, 4) is 11.4 Å².